The van der Waals surface area contributed by atoms with Gasteiger partial charge in [-0.2, -0.15) is 10.1 Å². The first-order valence-electron chi connectivity index (χ1n) is 8.63. The van der Waals surface area contributed by atoms with E-state index in [9.17, 15) is 23.3 Å². The van der Waals surface area contributed by atoms with Crippen molar-refractivity contribution in [3.63, 3.8) is 0 Å². The molecule has 150 valence electrons. The number of carbonyl (C=O) groups excluding carboxylic acids is 1. The Morgan fingerprint density at radius 2 is 1.86 bits per heavy atom. The second kappa shape index (κ2) is 7.57. The maximum absolute atomic E-state index is 12.8. The molecule has 0 spiro atoms. The third kappa shape index (κ3) is 4.08. The number of nitro groups is 1. The topological polar surface area (TPSA) is 136 Å². The van der Waals surface area contributed by atoms with Gasteiger partial charge in [-0.3, -0.25) is 14.9 Å². The standard InChI is InChI=1S/C19H18N4O5S/c1-3-14-5-4-13(11-18(14)23(25)26)10-17-12(2)21-22(19(17)24)15-6-8-16(9-7-15)29(20,27)28/h4-11H,3H2,1-2H3,(H2,20,27,28)/b17-10-. The first-order valence-corrected chi connectivity index (χ1v) is 10.2. The van der Waals surface area contributed by atoms with E-state index in [1.165, 1.54) is 30.3 Å². The predicted octanol–water partition coefficient (Wildman–Crippen LogP) is 2.61. The van der Waals surface area contributed by atoms with E-state index in [0.29, 0.717) is 34.5 Å². The molecule has 0 saturated carbocycles. The monoisotopic (exact) mass is 414 g/mol. The van der Waals surface area contributed by atoms with E-state index in [4.69, 9.17) is 5.14 Å². The zero-order valence-electron chi connectivity index (χ0n) is 15.7. The van der Waals surface area contributed by atoms with Gasteiger partial charge in [-0.25, -0.2) is 13.6 Å². The third-order valence-corrected chi connectivity index (χ3v) is 5.40. The minimum Gasteiger partial charge on any atom is -0.267 e. The van der Waals surface area contributed by atoms with Crippen LogP contribution in [-0.4, -0.2) is 25.0 Å². The van der Waals surface area contributed by atoms with Crippen molar-refractivity contribution in [1.29, 1.82) is 0 Å². The first-order chi connectivity index (χ1) is 13.6. The molecule has 1 amide bonds. The molecule has 0 atom stereocenters. The fourth-order valence-corrected chi connectivity index (χ4v) is 3.46. The molecule has 0 unspecified atom stereocenters. The van der Waals surface area contributed by atoms with E-state index in [0.717, 1.165) is 5.01 Å². The third-order valence-electron chi connectivity index (χ3n) is 4.47. The predicted molar refractivity (Wildman–Crippen MR) is 109 cm³/mol. The van der Waals surface area contributed by atoms with Crippen molar-refractivity contribution < 1.29 is 18.1 Å². The van der Waals surface area contributed by atoms with Gasteiger partial charge >= 0.3 is 0 Å². The molecular formula is C19H18N4O5S. The Kier molecular flexibility index (Phi) is 5.31. The Bertz CT molecular complexity index is 1170. The number of amides is 1. The van der Waals surface area contributed by atoms with Crippen molar-refractivity contribution in [2.24, 2.45) is 10.2 Å². The lowest BCUT2D eigenvalue weighted by molar-refractivity contribution is -0.385. The molecule has 1 heterocycles. The number of nitro benzene ring substituents is 1. The number of nitrogens with two attached hydrogens (primary N) is 1. The number of nitrogens with zero attached hydrogens (tertiary/aromatic N) is 3. The van der Waals surface area contributed by atoms with Gasteiger partial charge in [0.1, 0.15) is 0 Å². The van der Waals surface area contributed by atoms with Gasteiger partial charge in [-0.05, 0) is 49.2 Å². The first kappa shape index (κ1) is 20.4. The molecule has 0 saturated heterocycles. The lowest BCUT2D eigenvalue weighted by atomic mass is 10.0. The Hall–Kier alpha value is -3.37. The highest BCUT2D eigenvalue weighted by molar-refractivity contribution is 7.89. The van der Waals surface area contributed by atoms with Crippen molar-refractivity contribution in [3.8, 4) is 0 Å². The SMILES string of the molecule is CCc1ccc(/C=C2\C(=O)N(c3ccc(S(N)(=O)=O)cc3)N=C2C)cc1[N+](=O)[O-]. The number of benzene rings is 2. The molecular weight excluding hydrogens is 396 g/mol. The highest BCUT2D eigenvalue weighted by atomic mass is 32.2. The molecule has 2 N–H and O–H groups in total. The summed E-state index contributed by atoms with van der Waals surface area (Å²) in [7, 11) is -3.84. The molecule has 2 aromatic rings. The quantitative estimate of drug-likeness (QED) is 0.456. The molecule has 9 nitrogen and oxygen atoms in total. The van der Waals surface area contributed by atoms with Gasteiger partial charge < -0.3 is 0 Å². The number of hydrazone groups is 1. The van der Waals surface area contributed by atoms with Crippen LogP contribution in [0.2, 0.25) is 0 Å². The fourth-order valence-electron chi connectivity index (χ4n) is 2.94. The Morgan fingerprint density at radius 3 is 2.41 bits per heavy atom. The Morgan fingerprint density at radius 1 is 1.21 bits per heavy atom. The summed E-state index contributed by atoms with van der Waals surface area (Å²) in [6, 6.07) is 10.2. The summed E-state index contributed by atoms with van der Waals surface area (Å²) in [6.07, 6.45) is 2.07. The van der Waals surface area contributed by atoms with Crippen LogP contribution in [0.1, 0.15) is 25.0 Å². The number of sulfonamides is 1. The van der Waals surface area contributed by atoms with Crippen LogP contribution in [0, 0.1) is 10.1 Å². The highest BCUT2D eigenvalue weighted by Crippen LogP contribution is 2.27. The Balaban J connectivity index is 1.94. The largest absolute Gasteiger partial charge is 0.280 e. The van der Waals surface area contributed by atoms with Crippen molar-refractivity contribution in [2.45, 2.75) is 25.2 Å². The summed E-state index contributed by atoms with van der Waals surface area (Å²) in [5.41, 5.74) is 2.22. The van der Waals surface area contributed by atoms with E-state index in [-0.39, 0.29) is 10.6 Å². The van der Waals surface area contributed by atoms with Crippen LogP contribution in [0.15, 0.2) is 58.0 Å². The minimum atomic E-state index is -3.84. The minimum absolute atomic E-state index is 0.00248. The van der Waals surface area contributed by atoms with Crippen LogP contribution < -0.4 is 10.1 Å². The van der Waals surface area contributed by atoms with Crippen molar-refractivity contribution in [2.75, 3.05) is 5.01 Å². The van der Waals surface area contributed by atoms with Gasteiger partial charge in [0.05, 0.1) is 26.8 Å². The van der Waals surface area contributed by atoms with Crippen LogP contribution in [0.4, 0.5) is 11.4 Å². The van der Waals surface area contributed by atoms with Crippen LogP contribution in [0.3, 0.4) is 0 Å². The summed E-state index contributed by atoms with van der Waals surface area (Å²) in [5, 5.41) is 21.7. The zero-order valence-corrected chi connectivity index (χ0v) is 16.5. The number of hydrogen-bond acceptors (Lipinski definition) is 6. The molecule has 0 bridgehead atoms. The summed E-state index contributed by atoms with van der Waals surface area (Å²) < 4.78 is 22.7. The molecule has 1 aliphatic heterocycles. The summed E-state index contributed by atoms with van der Waals surface area (Å²) in [6.45, 7) is 3.48. The molecule has 0 aromatic heterocycles. The van der Waals surface area contributed by atoms with Crippen LogP contribution in [-0.2, 0) is 21.2 Å². The van der Waals surface area contributed by atoms with Crippen molar-refractivity contribution in [3.05, 3.63) is 69.3 Å². The highest BCUT2D eigenvalue weighted by Gasteiger charge is 2.29. The number of hydrogen-bond donors (Lipinski definition) is 1. The molecule has 10 heteroatoms. The van der Waals surface area contributed by atoms with Gasteiger partial charge in [0.25, 0.3) is 11.6 Å². The average Bonchev–Trinajstić information content (AvgIpc) is 2.95. The fraction of sp³-hybridized carbons (Fsp3) is 0.158. The summed E-state index contributed by atoms with van der Waals surface area (Å²) >= 11 is 0. The van der Waals surface area contributed by atoms with E-state index in [1.807, 2.05) is 6.92 Å². The average molecular weight is 414 g/mol. The molecule has 0 radical (unpaired) electrons. The molecule has 3 rings (SSSR count). The van der Waals surface area contributed by atoms with Gasteiger partial charge in [-0.15, -0.1) is 0 Å². The van der Waals surface area contributed by atoms with Crippen molar-refractivity contribution >= 4 is 39.1 Å². The number of anilines is 1. The van der Waals surface area contributed by atoms with Gasteiger partial charge in [-0.1, -0.05) is 19.1 Å². The summed E-state index contributed by atoms with van der Waals surface area (Å²) in [5.74, 6) is -0.423. The number of primary sulfonamides is 1. The van der Waals surface area contributed by atoms with Crippen LogP contribution >= 0.6 is 0 Å². The second-order valence-corrected chi connectivity index (χ2v) is 7.96. The van der Waals surface area contributed by atoms with Crippen LogP contribution in [0.25, 0.3) is 6.08 Å². The lowest BCUT2D eigenvalue weighted by Gasteiger charge is -2.12. The van der Waals surface area contributed by atoms with E-state index >= 15 is 0 Å². The van der Waals surface area contributed by atoms with Crippen molar-refractivity contribution in [1.82, 2.24) is 0 Å². The number of aryl methyl sites for hydroxylation is 1. The van der Waals surface area contributed by atoms with Gasteiger partial charge in [0.15, 0.2) is 0 Å². The smallest absolute Gasteiger partial charge is 0.267 e. The normalized spacial score (nSPS) is 15.7. The molecule has 29 heavy (non-hydrogen) atoms. The van der Waals surface area contributed by atoms with Gasteiger partial charge in [0, 0.05) is 11.6 Å². The maximum atomic E-state index is 12.8. The summed E-state index contributed by atoms with van der Waals surface area (Å²) in [4.78, 5) is 23.6. The molecule has 0 aliphatic carbocycles. The molecule has 2 aromatic carbocycles. The Labute approximate surface area is 167 Å². The van der Waals surface area contributed by atoms with Crippen LogP contribution in [0.5, 0.6) is 0 Å². The van der Waals surface area contributed by atoms with E-state index in [2.05, 4.69) is 5.10 Å². The lowest BCUT2D eigenvalue weighted by Crippen LogP contribution is -2.21. The maximum Gasteiger partial charge on any atom is 0.280 e. The molecule has 0 fully saturated rings. The number of carbonyl (C=O) groups is 1. The van der Waals surface area contributed by atoms with E-state index in [1.54, 1.807) is 25.1 Å². The van der Waals surface area contributed by atoms with E-state index < -0.39 is 20.9 Å². The second-order valence-electron chi connectivity index (χ2n) is 6.40. The van der Waals surface area contributed by atoms with Gasteiger partial charge in [0.2, 0.25) is 10.0 Å². The zero-order chi connectivity index (χ0) is 21.3. The number of rotatable bonds is 5. The molecule has 1 aliphatic rings.